The Labute approximate surface area is 142 Å². The van der Waals surface area contributed by atoms with Crippen LogP contribution < -0.4 is 5.48 Å². The molecule has 0 aliphatic rings. The first-order valence-electron chi connectivity index (χ1n) is 6.98. The van der Waals surface area contributed by atoms with Gasteiger partial charge in [-0.3, -0.25) is 10.0 Å². The molecule has 118 valence electrons. The third-order valence-corrected chi connectivity index (χ3v) is 3.61. The largest absolute Gasteiger partial charge is 0.288 e. The molecular weight excluding hydrogens is 358 g/mol. The lowest BCUT2D eigenvalue weighted by atomic mass is 10.1. The molecule has 1 atom stereocenters. The number of benzene rings is 2. The SMILES string of the molecule is O=C(NO)c1ccc(/C=N\N=C/C(Br)Cc2ccccc2)cc1. The number of nitrogens with zero attached hydrogens (tertiary/aromatic N) is 2. The lowest BCUT2D eigenvalue weighted by Crippen LogP contribution is -2.18. The summed E-state index contributed by atoms with van der Waals surface area (Å²) in [6, 6.07) is 16.8. The fourth-order valence-corrected chi connectivity index (χ4v) is 2.37. The molecular formula is C17H16BrN3O2. The Bertz CT molecular complexity index is 685. The number of hydroxylamine groups is 1. The average molecular weight is 374 g/mol. The molecule has 6 heteroatoms. The number of nitrogens with one attached hydrogen (secondary N) is 1. The Morgan fingerprint density at radius 1 is 1.13 bits per heavy atom. The second kappa shape index (κ2) is 8.97. The van der Waals surface area contributed by atoms with Gasteiger partial charge in [0, 0.05) is 11.8 Å². The molecule has 0 fully saturated rings. The van der Waals surface area contributed by atoms with Crippen LogP contribution in [0.3, 0.4) is 0 Å². The maximum absolute atomic E-state index is 11.2. The molecule has 0 aromatic heterocycles. The van der Waals surface area contributed by atoms with Gasteiger partial charge in [0.1, 0.15) is 0 Å². The van der Waals surface area contributed by atoms with Crippen LogP contribution in [0, 0.1) is 0 Å². The maximum Gasteiger partial charge on any atom is 0.274 e. The minimum absolute atomic E-state index is 0.109. The molecule has 23 heavy (non-hydrogen) atoms. The normalized spacial score (nSPS) is 12.6. The van der Waals surface area contributed by atoms with Gasteiger partial charge in [-0.1, -0.05) is 58.4 Å². The number of hydrogen-bond acceptors (Lipinski definition) is 4. The predicted molar refractivity (Wildman–Crippen MR) is 94.6 cm³/mol. The molecule has 0 saturated carbocycles. The summed E-state index contributed by atoms with van der Waals surface area (Å²) < 4.78 is 0. The molecule has 2 aromatic rings. The Kier molecular flexibility index (Phi) is 6.65. The van der Waals surface area contributed by atoms with E-state index in [2.05, 4.69) is 38.3 Å². The molecule has 0 saturated heterocycles. The first kappa shape index (κ1) is 17.1. The molecule has 5 nitrogen and oxygen atoms in total. The summed E-state index contributed by atoms with van der Waals surface area (Å²) in [5.41, 5.74) is 3.99. The van der Waals surface area contributed by atoms with Gasteiger partial charge in [-0.05, 0) is 29.7 Å². The van der Waals surface area contributed by atoms with Crippen molar-refractivity contribution in [2.24, 2.45) is 10.2 Å². The monoisotopic (exact) mass is 373 g/mol. The summed E-state index contributed by atoms with van der Waals surface area (Å²) in [7, 11) is 0. The Morgan fingerprint density at radius 3 is 2.48 bits per heavy atom. The van der Waals surface area contributed by atoms with Crippen LogP contribution in [0.25, 0.3) is 0 Å². The number of alkyl halides is 1. The van der Waals surface area contributed by atoms with Gasteiger partial charge in [-0.25, -0.2) is 5.48 Å². The summed E-state index contributed by atoms with van der Waals surface area (Å²) in [4.78, 5) is 11.3. The number of amides is 1. The standard InChI is InChI=1S/C17H16BrN3O2/c18-16(10-13-4-2-1-3-5-13)12-20-19-11-14-6-8-15(9-7-14)17(22)21-23/h1-9,11-12,16,23H,10H2,(H,21,22)/b19-11-,20-12-. The van der Waals surface area contributed by atoms with Gasteiger partial charge in [0.05, 0.1) is 11.0 Å². The van der Waals surface area contributed by atoms with Crippen molar-refractivity contribution in [3.05, 3.63) is 71.3 Å². The van der Waals surface area contributed by atoms with Crippen LogP contribution in [-0.2, 0) is 6.42 Å². The first-order chi connectivity index (χ1) is 11.2. The minimum atomic E-state index is -0.547. The van der Waals surface area contributed by atoms with Crippen LogP contribution in [0.2, 0.25) is 0 Å². The van der Waals surface area contributed by atoms with E-state index in [4.69, 9.17) is 5.21 Å². The van der Waals surface area contributed by atoms with Gasteiger partial charge < -0.3 is 0 Å². The summed E-state index contributed by atoms with van der Waals surface area (Å²) in [6.07, 6.45) is 4.17. The van der Waals surface area contributed by atoms with E-state index < -0.39 is 5.91 Å². The Morgan fingerprint density at radius 2 is 1.83 bits per heavy atom. The van der Waals surface area contributed by atoms with Gasteiger partial charge in [-0.2, -0.15) is 10.2 Å². The van der Waals surface area contributed by atoms with Crippen molar-refractivity contribution < 1.29 is 10.0 Å². The molecule has 2 N–H and O–H groups in total. The second-order valence-electron chi connectivity index (χ2n) is 4.78. The summed E-state index contributed by atoms with van der Waals surface area (Å²) in [5.74, 6) is -0.547. The van der Waals surface area contributed by atoms with E-state index in [-0.39, 0.29) is 4.83 Å². The van der Waals surface area contributed by atoms with Crippen molar-refractivity contribution in [1.29, 1.82) is 0 Å². The summed E-state index contributed by atoms with van der Waals surface area (Å²) >= 11 is 3.54. The van der Waals surface area contributed by atoms with Crippen LogP contribution >= 0.6 is 15.9 Å². The number of hydrogen-bond donors (Lipinski definition) is 2. The predicted octanol–water partition coefficient (Wildman–Crippen LogP) is 3.22. The van der Waals surface area contributed by atoms with E-state index in [9.17, 15) is 4.79 Å². The molecule has 2 rings (SSSR count). The molecule has 0 bridgehead atoms. The number of carbonyl (C=O) groups is 1. The third-order valence-electron chi connectivity index (χ3n) is 3.05. The first-order valence-corrected chi connectivity index (χ1v) is 7.89. The average Bonchev–Trinajstić information content (AvgIpc) is 2.59. The van der Waals surface area contributed by atoms with Crippen molar-refractivity contribution in [3.63, 3.8) is 0 Å². The van der Waals surface area contributed by atoms with Crippen molar-refractivity contribution in [2.75, 3.05) is 0 Å². The molecule has 1 amide bonds. The quantitative estimate of drug-likeness (QED) is 0.353. The van der Waals surface area contributed by atoms with E-state index in [0.29, 0.717) is 5.56 Å². The van der Waals surface area contributed by atoms with Crippen LogP contribution in [0.1, 0.15) is 21.5 Å². The highest BCUT2D eigenvalue weighted by molar-refractivity contribution is 9.09. The molecule has 0 aliphatic heterocycles. The van der Waals surface area contributed by atoms with Gasteiger partial charge in [-0.15, -0.1) is 0 Å². The number of rotatable bonds is 6. The van der Waals surface area contributed by atoms with E-state index in [0.717, 1.165) is 12.0 Å². The second-order valence-corrected chi connectivity index (χ2v) is 5.95. The van der Waals surface area contributed by atoms with Crippen molar-refractivity contribution in [3.8, 4) is 0 Å². The highest BCUT2D eigenvalue weighted by Crippen LogP contribution is 2.08. The lowest BCUT2D eigenvalue weighted by Gasteiger charge is -2.02. The van der Waals surface area contributed by atoms with Crippen LogP contribution in [0.15, 0.2) is 64.8 Å². The molecule has 0 heterocycles. The number of carbonyl (C=O) groups excluding carboxylic acids is 1. The molecule has 0 aliphatic carbocycles. The van der Waals surface area contributed by atoms with Crippen molar-refractivity contribution in [2.45, 2.75) is 11.2 Å². The summed E-state index contributed by atoms with van der Waals surface area (Å²) in [5, 5.41) is 16.5. The van der Waals surface area contributed by atoms with Gasteiger partial charge in [0.2, 0.25) is 0 Å². The topological polar surface area (TPSA) is 74.0 Å². The van der Waals surface area contributed by atoms with E-state index in [1.165, 1.54) is 5.56 Å². The fourth-order valence-electron chi connectivity index (χ4n) is 1.89. The Hall–Kier alpha value is -2.31. The summed E-state index contributed by atoms with van der Waals surface area (Å²) in [6.45, 7) is 0. The highest BCUT2D eigenvalue weighted by Gasteiger charge is 2.02. The number of halogens is 1. The van der Waals surface area contributed by atoms with E-state index >= 15 is 0 Å². The molecule has 0 radical (unpaired) electrons. The van der Waals surface area contributed by atoms with E-state index in [1.807, 2.05) is 18.2 Å². The zero-order valence-electron chi connectivity index (χ0n) is 12.3. The zero-order chi connectivity index (χ0) is 16.5. The molecule has 2 aromatic carbocycles. The van der Waals surface area contributed by atoms with Gasteiger partial charge in [0.15, 0.2) is 0 Å². The van der Waals surface area contributed by atoms with Crippen LogP contribution in [0.4, 0.5) is 0 Å². The lowest BCUT2D eigenvalue weighted by molar-refractivity contribution is 0.0706. The maximum atomic E-state index is 11.2. The molecule has 1 unspecified atom stereocenters. The fraction of sp³-hybridized carbons (Fsp3) is 0.118. The van der Waals surface area contributed by atoms with Crippen molar-refractivity contribution in [1.82, 2.24) is 5.48 Å². The van der Waals surface area contributed by atoms with Gasteiger partial charge >= 0.3 is 0 Å². The van der Waals surface area contributed by atoms with Gasteiger partial charge in [0.25, 0.3) is 5.91 Å². The molecule has 0 spiro atoms. The zero-order valence-corrected chi connectivity index (χ0v) is 13.8. The Balaban J connectivity index is 1.86. The minimum Gasteiger partial charge on any atom is -0.288 e. The van der Waals surface area contributed by atoms with Crippen LogP contribution in [0.5, 0.6) is 0 Å². The smallest absolute Gasteiger partial charge is 0.274 e. The van der Waals surface area contributed by atoms with Crippen molar-refractivity contribution >= 4 is 34.3 Å². The van der Waals surface area contributed by atoms with E-state index in [1.54, 1.807) is 42.2 Å². The third kappa shape index (κ3) is 5.77. The highest BCUT2D eigenvalue weighted by atomic mass is 79.9. The van der Waals surface area contributed by atoms with Crippen LogP contribution in [-0.4, -0.2) is 28.4 Å².